The second-order valence-electron chi connectivity index (χ2n) is 4.76. The summed E-state index contributed by atoms with van der Waals surface area (Å²) in [6, 6.07) is 7.32. The van der Waals surface area contributed by atoms with Crippen molar-refractivity contribution in [3.8, 4) is 0 Å². The Morgan fingerprint density at radius 2 is 1.82 bits per heavy atom. The number of amides is 2. The van der Waals surface area contributed by atoms with Crippen LogP contribution in [0.3, 0.4) is 0 Å². The van der Waals surface area contributed by atoms with E-state index in [1.54, 1.807) is 0 Å². The van der Waals surface area contributed by atoms with E-state index in [0.29, 0.717) is 6.54 Å². The molecule has 4 heteroatoms. The SMILES string of the molecule is NCC1(c2ccc(NC(N)=O)cc2)CCCC1. The lowest BCUT2D eigenvalue weighted by Crippen LogP contribution is -2.31. The van der Waals surface area contributed by atoms with Gasteiger partial charge in [-0.2, -0.15) is 0 Å². The largest absolute Gasteiger partial charge is 0.351 e. The highest BCUT2D eigenvalue weighted by atomic mass is 16.2. The number of benzene rings is 1. The van der Waals surface area contributed by atoms with E-state index in [9.17, 15) is 4.79 Å². The summed E-state index contributed by atoms with van der Waals surface area (Å²) < 4.78 is 0. The molecular weight excluding hydrogens is 214 g/mol. The van der Waals surface area contributed by atoms with Crippen LogP contribution >= 0.6 is 0 Å². The molecule has 0 radical (unpaired) electrons. The van der Waals surface area contributed by atoms with Crippen LogP contribution in [0.2, 0.25) is 0 Å². The van der Waals surface area contributed by atoms with Gasteiger partial charge in [-0.3, -0.25) is 0 Å². The molecule has 1 aromatic carbocycles. The Morgan fingerprint density at radius 1 is 1.24 bits per heavy atom. The molecule has 1 saturated carbocycles. The van der Waals surface area contributed by atoms with Crippen molar-refractivity contribution in [3.05, 3.63) is 29.8 Å². The van der Waals surface area contributed by atoms with Crippen molar-refractivity contribution in [1.82, 2.24) is 0 Å². The van der Waals surface area contributed by atoms with E-state index in [0.717, 1.165) is 18.5 Å². The summed E-state index contributed by atoms with van der Waals surface area (Å²) in [7, 11) is 0. The maximum absolute atomic E-state index is 10.7. The highest BCUT2D eigenvalue weighted by Gasteiger charge is 2.33. The summed E-state index contributed by atoms with van der Waals surface area (Å²) >= 11 is 0. The van der Waals surface area contributed by atoms with Gasteiger partial charge in [-0.05, 0) is 30.5 Å². The van der Waals surface area contributed by atoms with Crippen LogP contribution in [0.1, 0.15) is 31.2 Å². The lowest BCUT2D eigenvalue weighted by atomic mass is 9.79. The predicted molar refractivity (Wildman–Crippen MR) is 68.8 cm³/mol. The van der Waals surface area contributed by atoms with Crippen LogP contribution in [0, 0.1) is 0 Å². The molecule has 0 bridgehead atoms. The summed E-state index contributed by atoms with van der Waals surface area (Å²) in [6.07, 6.45) is 4.81. The number of hydrogen-bond donors (Lipinski definition) is 3. The second kappa shape index (κ2) is 4.75. The molecule has 1 fully saturated rings. The molecule has 0 heterocycles. The Kier molecular flexibility index (Phi) is 3.33. The van der Waals surface area contributed by atoms with Crippen molar-refractivity contribution in [2.75, 3.05) is 11.9 Å². The zero-order chi connectivity index (χ0) is 12.3. The number of carbonyl (C=O) groups is 1. The highest BCUT2D eigenvalue weighted by Crippen LogP contribution is 2.40. The monoisotopic (exact) mass is 233 g/mol. The first kappa shape index (κ1) is 11.9. The van der Waals surface area contributed by atoms with Crippen LogP contribution in [-0.4, -0.2) is 12.6 Å². The van der Waals surface area contributed by atoms with Crippen LogP contribution < -0.4 is 16.8 Å². The Hall–Kier alpha value is -1.55. The summed E-state index contributed by atoms with van der Waals surface area (Å²) in [4.78, 5) is 10.7. The third-order valence-electron chi connectivity index (χ3n) is 3.72. The van der Waals surface area contributed by atoms with Crippen LogP contribution in [0.5, 0.6) is 0 Å². The Morgan fingerprint density at radius 3 is 2.29 bits per heavy atom. The Balaban J connectivity index is 2.19. The lowest BCUT2D eigenvalue weighted by molar-refractivity contribution is 0.259. The number of nitrogens with two attached hydrogens (primary N) is 2. The van der Waals surface area contributed by atoms with Gasteiger partial charge >= 0.3 is 6.03 Å². The van der Waals surface area contributed by atoms with Crippen molar-refractivity contribution in [3.63, 3.8) is 0 Å². The van der Waals surface area contributed by atoms with Crippen molar-refractivity contribution in [2.45, 2.75) is 31.1 Å². The summed E-state index contributed by atoms with van der Waals surface area (Å²) in [5, 5.41) is 2.56. The van der Waals surface area contributed by atoms with Crippen LogP contribution in [0.15, 0.2) is 24.3 Å². The first-order valence-electron chi connectivity index (χ1n) is 6.03. The molecule has 0 saturated heterocycles. The lowest BCUT2D eigenvalue weighted by Gasteiger charge is -2.28. The maximum Gasteiger partial charge on any atom is 0.316 e. The van der Waals surface area contributed by atoms with Gasteiger partial charge in [0.05, 0.1) is 0 Å². The van der Waals surface area contributed by atoms with E-state index in [1.165, 1.54) is 18.4 Å². The third-order valence-corrected chi connectivity index (χ3v) is 3.72. The second-order valence-corrected chi connectivity index (χ2v) is 4.76. The smallest absolute Gasteiger partial charge is 0.316 e. The number of urea groups is 1. The molecule has 0 spiro atoms. The summed E-state index contributed by atoms with van der Waals surface area (Å²) in [6.45, 7) is 0.690. The molecule has 17 heavy (non-hydrogen) atoms. The molecule has 2 amide bonds. The van der Waals surface area contributed by atoms with Crippen molar-refractivity contribution in [1.29, 1.82) is 0 Å². The zero-order valence-corrected chi connectivity index (χ0v) is 9.91. The first-order chi connectivity index (χ1) is 8.16. The fraction of sp³-hybridized carbons (Fsp3) is 0.462. The van der Waals surface area contributed by atoms with Crippen LogP contribution in [0.4, 0.5) is 10.5 Å². The van der Waals surface area contributed by atoms with E-state index in [4.69, 9.17) is 11.5 Å². The van der Waals surface area contributed by atoms with Gasteiger partial charge in [0.2, 0.25) is 0 Å². The minimum Gasteiger partial charge on any atom is -0.351 e. The van der Waals surface area contributed by atoms with E-state index in [2.05, 4.69) is 5.32 Å². The van der Waals surface area contributed by atoms with Gasteiger partial charge in [-0.25, -0.2) is 4.79 Å². The minimum absolute atomic E-state index is 0.144. The van der Waals surface area contributed by atoms with Gasteiger partial charge in [-0.15, -0.1) is 0 Å². The highest BCUT2D eigenvalue weighted by molar-refractivity contribution is 5.87. The van der Waals surface area contributed by atoms with E-state index < -0.39 is 6.03 Å². The fourth-order valence-corrected chi connectivity index (χ4v) is 2.71. The Bertz CT molecular complexity index is 394. The number of hydrogen-bond acceptors (Lipinski definition) is 2. The normalized spacial score (nSPS) is 17.9. The fourth-order valence-electron chi connectivity index (χ4n) is 2.71. The zero-order valence-electron chi connectivity index (χ0n) is 9.91. The van der Waals surface area contributed by atoms with Crippen LogP contribution in [0.25, 0.3) is 0 Å². The van der Waals surface area contributed by atoms with Gasteiger partial charge in [0, 0.05) is 17.6 Å². The molecule has 1 aliphatic rings. The molecule has 0 aromatic heterocycles. The molecule has 2 rings (SSSR count). The standard InChI is InChI=1S/C13H19N3O/c14-9-13(7-1-2-8-13)10-3-5-11(6-4-10)16-12(15)17/h3-6H,1-2,7-9,14H2,(H3,15,16,17). The molecule has 1 aromatic rings. The van der Waals surface area contributed by atoms with Crippen molar-refractivity contribution >= 4 is 11.7 Å². The molecule has 0 atom stereocenters. The van der Waals surface area contributed by atoms with Crippen LogP contribution in [-0.2, 0) is 5.41 Å². The average molecular weight is 233 g/mol. The number of rotatable bonds is 3. The molecule has 92 valence electrons. The topological polar surface area (TPSA) is 81.1 Å². The number of carbonyl (C=O) groups excluding carboxylic acids is 1. The van der Waals surface area contributed by atoms with Gasteiger partial charge in [0.15, 0.2) is 0 Å². The third kappa shape index (κ3) is 2.42. The van der Waals surface area contributed by atoms with Gasteiger partial charge < -0.3 is 16.8 Å². The summed E-state index contributed by atoms with van der Waals surface area (Å²) in [5.74, 6) is 0. The van der Waals surface area contributed by atoms with Gasteiger partial charge in [0.1, 0.15) is 0 Å². The van der Waals surface area contributed by atoms with E-state index in [-0.39, 0.29) is 5.41 Å². The predicted octanol–water partition coefficient (Wildman–Crippen LogP) is 1.95. The molecule has 0 aliphatic heterocycles. The first-order valence-corrected chi connectivity index (χ1v) is 6.03. The van der Waals surface area contributed by atoms with E-state index in [1.807, 2.05) is 24.3 Å². The number of nitrogens with one attached hydrogen (secondary N) is 1. The Labute approximate surface area is 101 Å². The van der Waals surface area contributed by atoms with Gasteiger partial charge in [0.25, 0.3) is 0 Å². The van der Waals surface area contributed by atoms with Gasteiger partial charge in [-0.1, -0.05) is 25.0 Å². The number of primary amides is 1. The molecule has 0 unspecified atom stereocenters. The molecule has 1 aliphatic carbocycles. The quantitative estimate of drug-likeness (QED) is 0.745. The van der Waals surface area contributed by atoms with Crippen molar-refractivity contribution < 1.29 is 4.79 Å². The average Bonchev–Trinajstić information content (AvgIpc) is 2.79. The molecule has 5 N–H and O–H groups in total. The number of anilines is 1. The van der Waals surface area contributed by atoms with E-state index >= 15 is 0 Å². The summed E-state index contributed by atoms with van der Waals surface area (Å²) in [5.41, 5.74) is 13.1. The molecular formula is C13H19N3O. The molecule has 4 nitrogen and oxygen atoms in total. The maximum atomic E-state index is 10.7. The van der Waals surface area contributed by atoms with Crippen molar-refractivity contribution in [2.24, 2.45) is 11.5 Å². The minimum atomic E-state index is -0.535.